The fraction of sp³-hybridized carbons (Fsp3) is 1.00. The molecule has 1 saturated heterocycles. The quantitative estimate of drug-likeness (QED) is 0.609. The predicted molar refractivity (Wildman–Crippen MR) is 39.9 cm³/mol. The van der Waals surface area contributed by atoms with Crippen molar-refractivity contribution in [2.45, 2.75) is 18.9 Å². The van der Waals surface area contributed by atoms with Crippen molar-refractivity contribution in [1.82, 2.24) is 5.32 Å². The summed E-state index contributed by atoms with van der Waals surface area (Å²) in [5.41, 5.74) is 0. The van der Waals surface area contributed by atoms with Crippen molar-refractivity contribution in [3.05, 3.63) is 0 Å². The monoisotopic (exact) mass is 141 g/mol. The van der Waals surface area contributed by atoms with Crippen LogP contribution in [0.25, 0.3) is 0 Å². The van der Waals surface area contributed by atoms with Crippen LogP contribution >= 0.6 is 0 Å². The Labute approximate surface area is 61.9 Å². The molecule has 58 valence electrons. The molecular formula is C8H15NO. The van der Waals surface area contributed by atoms with E-state index < -0.39 is 0 Å². The Balaban J connectivity index is 1.79. The van der Waals surface area contributed by atoms with E-state index in [1.807, 2.05) is 0 Å². The highest BCUT2D eigenvalue weighted by Gasteiger charge is 2.42. The topological polar surface area (TPSA) is 21.3 Å². The van der Waals surface area contributed by atoms with E-state index in [0.29, 0.717) is 0 Å². The van der Waals surface area contributed by atoms with Crippen LogP contribution in [0, 0.1) is 11.8 Å². The minimum Gasteiger partial charge on any atom is -0.381 e. The van der Waals surface area contributed by atoms with Gasteiger partial charge in [-0.1, -0.05) is 0 Å². The van der Waals surface area contributed by atoms with E-state index in [4.69, 9.17) is 4.74 Å². The molecule has 2 nitrogen and oxygen atoms in total. The van der Waals surface area contributed by atoms with Gasteiger partial charge in [0.1, 0.15) is 0 Å². The Kier molecular flexibility index (Phi) is 1.66. The molecule has 0 aromatic carbocycles. The second kappa shape index (κ2) is 2.51. The van der Waals surface area contributed by atoms with Gasteiger partial charge >= 0.3 is 0 Å². The third kappa shape index (κ3) is 1.06. The zero-order valence-electron chi connectivity index (χ0n) is 6.47. The van der Waals surface area contributed by atoms with Gasteiger partial charge in [0.15, 0.2) is 0 Å². The highest BCUT2D eigenvalue weighted by Crippen LogP contribution is 2.40. The van der Waals surface area contributed by atoms with Gasteiger partial charge in [-0.25, -0.2) is 0 Å². The van der Waals surface area contributed by atoms with E-state index in [2.05, 4.69) is 12.4 Å². The molecule has 0 radical (unpaired) electrons. The molecule has 1 saturated carbocycles. The van der Waals surface area contributed by atoms with Gasteiger partial charge in [0.25, 0.3) is 0 Å². The lowest BCUT2D eigenvalue weighted by Gasteiger charge is -2.04. The molecule has 0 bridgehead atoms. The smallest absolute Gasteiger partial charge is 0.0498 e. The minimum absolute atomic E-state index is 0.812. The highest BCUT2D eigenvalue weighted by molar-refractivity contribution is 4.97. The number of hydrogen-bond donors (Lipinski definition) is 1. The molecule has 2 heteroatoms. The molecule has 10 heavy (non-hydrogen) atoms. The van der Waals surface area contributed by atoms with Crippen LogP contribution < -0.4 is 5.32 Å². The lowest BCUT2D eigenvalue weighted by Crippen LogP contribution is -2.15. The maximum Gasteiger partial charge on any atom is 0.0498 e. The Morgan fingerprint density at radius 3 is 2.90 bits per heavy atom. The summed E-state index contributed by atoms with van der Waals surface area (Å²) in [6, 6.07) is 0.812. The molecule has 1 aliphatic heterocycles. The first-order valence-corrected chi connectivity index (χ1v) is 4.17. The van der Waals surface area contributed by atoms with Crippen LogP contribution in [-0.2, 0) is 4.74 Å². The van der Waals surface area contributed by atoms with E-state index in [0.717, 1.165) is 31.1 Å². The summed E-state index contributed by atoms with van der Waals surface area (Å²) in [7, 11) is 2.06. The SMILES string of the molecule is CNC1CC1C1CCOC1. The molecule has 3 atom stereocenters. The van der Waals surface area contributed by atoms with E-state index in [1.54, 1.807) is 0 Å². The molecule has 1 N–H and O–H groups in total. The Bertz CT molecular complexity index is 120. The molecule has 2 aliphatic rings. The normalized spacial score (nSPS) is 45.9. The first-order chi connectivity index (χ1) is 4.92. The first-order valence-electron chi connectivity index (χ1n) is 4.17. The standard InChI is InChI=1S/C8H15NO/c1-9-8-4-7(8)6-2-3-10-5-6/h6-9H,2-5H2,1H3. The average molecular weight is 141 g/mol. The van der Waals surface area contributed by atoms with Gasteiger partial charge in [0.05, 0.1) is 0 Å². The number of hydrogen-bond acceptors (Lipinski definition) is 2. The van der Waals surface area contributed by atoms with Crippen molar-refractivity contribution < 1.29 is 4.74 Å². The maximum absolute atomic E-state index is 5.32. The van der Waals surface area contributed by atoms with Crippen LogP contribution in [0.15, 0.2) is 0 Å². The van der Waals surface area contributed by atoms with Crippen molar-refractivity contribution in [2.24, 2.45) is 11.8 Å². The number of rotatable bonds is 2. The molecule has 2 fully saturated rings. The summed E-state index contributed by atoms with van der Waals surface area (Å²) >= 11 is 0. The summed E-state index contributed by atoms with van der Waals surface area (Å²) in [5.74, 6) is 1.81. The Hall–Kier alpha value is -0.0800. The van der Waals surface area contributed by atoms with Crippen LogP contribution in [0.4, 0.5) is 0 Å². The van der Waals surface area contributed by atoms with Crippen molar-refractivity contribution in [3.63, 3.8) is 0 Å². The zero-order valence-corrected chi connectivity index (χ0v) is 6.47. The van der Waals surface area contributed by atoms with Crippen LogP contribution in [0.1, 0.15) is 12.8 Å². The molecule has 0 aromatic rings. The Morgan fingerprint density at radius 2 is 2.40 bits per heavy atom. The second-order valence-corrected chi connectivity index (χ2v) is 3.42. The van der Waals surface area contributed by atoms with Gasteiger partial charge in [-0.05, 0) is 31.7 Å². The molecular weight excluding hydrogens is 126 g/mol. The van der Waals surface area contributed by atoms with E-state index in [1.165, 1.54) is 12.8 Å². The van der Waals surface area contributed by atoms with Crippen LogP contribution in [0.3, 0.4) is 0 Å². The van der Waals surface area contributed by atoms with Gasteiger partial charge in [0.2, 0.25) is 0 Å². The van der Waals surface area contributed by atoms with Gasteiger partial charge in [-0.3, -0.25) is 0 Å². The van der Waals surface area contributed by atoms with Crippen molar-refractivity contribution in [2.75, 3.05) is 20.3 Å². The van der Waals surface area contributed by atoms with E-state index in [9.17, 15) is 0 Å². The predicted octanol–water partition coefficient (Wildman–Crippen LogP) is 0.631. The lowest BCUT2D eigenvalue weighted by molar-refractivity contribution is 0.181. The summed E-state index contributed by atoms with van der Waals surface area (Å²) in [6.45, 7) is 2.01. The van der Waals surface area contributed by atoms with Crippen LogP contribution in [0.5, 0.6) is 0 Å². The van der Waals surface area contributed by atoms with Gasteiger partial charge < -0.3 is 10.1 Å². The molecule has 0 spiro atoms. The van der Waals surface area contributed by atoms with Crippen molar-refractivity contribution in [1.29, 1.82) is 0 Å². The molecule has 3 unspecified atom stereocenters. The summed E-state index contributed by atoms with van der Waals surface area (Å²) in [4.78, 5) is 0. The van der Waals surface area contributed by atoms with Crippen LogP contribution in [0.2, 0.25) is 0 Å². The second-order valence-electron chi connectivity index (χ2n) is 3.42. The largest absolute Gasteiger partial charge is 0.381 e. The first kappa shape index (κ1) is 6.62. The van der Waals surface area contributed by atoms with Crippen molar-refractivity contribution in [3.8, 4) is 0 Å². The summed E-state index contributed by atoms with van der Waals surface area (Å²) < 4.78 is 5.32. The lowest BCUT2D eigenvalue weighted by atomic mass is 10.0. The van der Waals surface area contributed by atoms with E-state index in [-0.39, 0.29) is 0 Å². The Morgan fingerprint density at radius 1 is 1.50 bits per heavy atom. The zero-order chi connectivity index (χ0) is 6.97. The van der Waals surface area contributed by atoms with Gasteiger partial charge in [-0.2, -0.15) is 0 Å². The molecule has 1 aliphatic carbocycles. The van der Waals surface area contributed by atoms with Gasteiger partial charge in [-0.15, -0.1) is 0 Å². The molecule has 0 aromatic heterocycles. The molecule has 2 rings (SSSR count). The fourth-order valence-electron chi connectivity index (χ4n) is 1.96. The maximum atomic E-state index is 5.32. The summed E-state index contributed by atoms with van der Waals surface area (Å²) in [6.07, 6.45) is 2.67. The summed E-state index contributed by atoms with van der Waals surface area (Å²) in [5, 5.41) is 3.31. The number of nitrogens with one attached hydrogen (secondary N) is 1. The molecule has 0 amide bonds. The fourth-order valence-corrected chi connectivity index (χ4v) is 1.96. The third-order valence-corrected chi connectivity index (χ3v) is 2.78. The molecule has 1 heterocycles. The minimum atomic E-state index is 0.812. The van der Waals surface area contributed by atoms with Crippen LogP contribution in [-0.4, -0.2) is 26.3 Å². The van der Waals surface area contributed by atoms with Crippen molar-refractivity contribution >= 4 is 0 Å². The average Bonchev–Trinajstić information content (AvgIpc) is 2.56. The van der Waals surface area contributed by atoms with E-state index >= 15 is 0 Å². The van der Waals surface area contributed by atoms with Gasteiger partial charge in [0, 0.05) is 19.3 Å². The third-order valence-electron chi connectivity index (χ3n) is 2.78. The highest BCUT2D eigenvalue weighted by atomic mass is 16.5. The number of ether oxygens (including phenoxy) is 1.